The third-order valence-corrected chi connectivity index (χ3v) is 9.06. The van der Waals surface area contributed by atoms with Crippen LogP contribution in [0, 0.1) is 16.7 Å². The van der Waals surface area contributed by atoms with Crippen LogP contribution in [0.25, 0.3) is 0 Å². The minimum Gasteiger partial charge on any atom is -0.423 e. The van der Waals surface area contributed by atoms with E-state index in [0.29, 0.717) is 12.8 Å². The molecule has 2 aromatic carbocycles. The van der Waals surface area contributed by atoms with E-state index in [1.807, 2.05) is 0 Å². The quantitative estimate of drug-likeness (QED) is 0.0835. The molecule has 0 spiro atoms. The van der Waals surface area contributed by atoms with Crippen molar-refractivity contribution >= 4 is 5.97 Å². The molecule has 1 fully saturated rings. The number of nitriles is 1. The molecular formula is C33H30F15NO2. The molecule has 18 heteroatoms. The van der Waals surface area contributed by atoms with E-state index in [1.54, 1.807) is 12.1 Å². The molecule has 3 rings (SSSR count). The Kier molecular flexibility index (Phi) is 11.8. The largest absolute Gasteiger partial charge is 0.460 e. The molecule has 0 heterocycles. The summed E-state index contributed by atoms with van der Waals surface area (Å²) in [5.74, 6) is -48.6. The smallest absolute Gasteiger partial charge is 0.423 e. The van der Waals surface area contributed by atoms with E-state index in [0.717, 1.165) is 50.5 Å². The van der Waals surface area contributed by atoms with Gasteiger partial charge in [-0.3, -0.25) is 0 Å². The second kappa shape index (κ2) is 14.4. The lowest BCUT2D eigenvalue weighted by atomic mass is 9.67. The van der Waals surface area contributed by atoms with Gasteiger partial charge in [0.2, 0.25) is 0 Å². The Bertz CT molecular complexity index is 1540. The number of unbranched alkanes of at least 4 members (excludes halogenated alkanes) is 3. The molecule has 1 saturated carbocycles. The molecule has 284 valence electrons. The van der Waals surface area contributed by atoms with Gasteiger partial charge in [-0.15, -0.1) is 0 Å². The zero-order chi connectivity index (χ0) is 38.9. The Labute approximate surface area is 281 Å². The zero-order valence-corrected chi connectivity index (χ0v) is 26.5. The van der Waals surface area contributed by atoms with Gasteiger partial charge >= 0.3 is 47.7 Å². The highest BCUT2D eigenvalue weighted by molar-refractivity contribution is 5.91. The summed E-state index contributed by atoms with van der Waals surface area (Å²) in [6, 6.07) is 8.61. The summed E-state index contributed by atoms with van der Waals surface area (Å²) in [6.07, 6.45) is 0.114. The molecule has 0 bridgehead atoms. The standard InChI is InChI=1S/C33H30F15NO2/c1-2-3-4-5-16-26(19-49)17-14-21(15-18-26)20-8-12-24(13-9-20)51-25(50)22-6-10-23(11-7-22)27(34,35)28(36,37)29(38,39)30(40,41)31(42,43)32(44,45)33(46,47)48/h6-13,21H,2-5,14-18H2,1H3/t21-,26-. The predicted octanol–water partition coefficient (Wildman–Crippen LogP) is 11.9. The monoisotopic (exact) mass is 757 g/mol. The summed E-state index contributed by atoms with van der Waals surface area (Å²) in [4.78, 5) is 12.5. The Hall–Kier alpha value is -3.65. The number of rotatable bonds is 14. The Balaban J connectivity index is 1.72. The van der Waals surface area contributed by atoms with Crippen molar-refractivity contribution in [3.8, 4) is 11.8 Å². The maximum atomic E-state index is 14.5. The van der Waals surface area contributed by atoms with E-state index >= 15 is 0 Å². The van der Waals surface area contributed by atoms with Crippen LogP contribution in [0.2, 0.25) is 0 Å². The van der Waals surface area contributed by atoms with Crippen molar-refractivity contribution < 1.29 is 75.4 Å². The van der Waals surface area contributed by atoms with Gasteiger partial charge < -0.3 is 4.74 Å². The number of ether oxygens (including phenoxy) is 1. The molecule has 1 aliphatic rings. The minimum absolute atomic E-state index is 0.0961. The van der Waals surface area contributed by atoms with E-state index in [2.05, 4.69) is 13.0 Å². The van der Waals surface area contributed by atoms with Crippen molar-refractivity contribution in [1.82, 2.24) is 0 Å². The first-order valence-corrected chi connectivity index (χ1v) is 15.4. The Morgan fingerprint density at radius 2 is 1.20 bits per heavy atom. The first kappa shape index (κ1) is 41.8. The summed E-state index contributed by atoms with van der Waals surface area (Å²) in [5, 5.41) is 9.79. The lowest BCUT2D eigenvalue weighted by Crippen LogP contribution is -2.72. The van der Waals surface area contributed by atoms with Crippen LogP contribution in [0.4, 0.5) is 65.9 Å². The lowest BCUT2D eigenvalue weighted by Gasteiger charge is -2.41. The number of hydrogen-bond donors (Lipinski definition) is 0. The molecule has 0 amide bonds. The summed E-state index contributed by atoms with van der Waals surface area (Å²) < 4.78 is 208. The second-order valence-electron chi connectivity index (χ2n) is 12.5. The molecule has 0 atom stereocenters. The van der Waals surface area contributed by atoms with Gasteiger partial charge in [0.15, 0.2) is 0 Å². The van der Waals surface area contributed by atoms with Crippen LogP contribution >= 0.6 is 0 Å². The number of hydrogen-bond acceptors (Lipinski definition) is 3. The van der Waals surface area contributed by atoms with Crippen molar-refractivity contribution in [1.29, 1.82) is 5.26 Å². The van der Waals surface area contributed by atoms with Gasteiger partial charge in [0.25, 0.3) is 0 Å². The third kappa shape index (κ3) is 7.49. The van der Waals surface area contributed by atoms with Gasteiger partial charge in [0, 0.05) is 5.56 Å². The molecule has 0 radical (unpaired) electrons. The molecular weight excluding hydrogens is 727 g/mol. The van der Waals surface area contributed by atoms with E-state index in [1.165, 1.54) is 12.1 Å². The van der Waals surface area contributed by atoms with Crippen molar-refractivity contribution in [3.63, 3.8) is 0 Å². The fourth-order valence-corrected chi connectivity index (χ4v) is 5.75. The van der Waals surface area contributed by atoms with Crippen LogP contribution in [0.3, 0.4) is 0 Å². The molecule has 0 saturated heterocycles. The molecule has 0 aromatic heterocycles. The van der Waals surface area contributed by atoms with Gasteiger partial charge in [0.1, 0.15) is 5.75 Å². The summed E-state index contributed by atoms with van der Waals surface area (Å²) >= 11 is 0. The third-order valence-electron chi connectivity index (χ3n) is 9.06. The van der Waals surface area contributed by atoms with E-state index in [-0.39, 0.29) is 35.9 Å². The highest BCUT2D eigenvalue weighted by atomic mass is 19.4. The SMILES string of the molecule is CCCCCC[C@]1(C#N)CC[C@H](c2ccc(OC(=O)c3ccc(C(F)(F)C(F)(F)C(F)(F)C(F)(F)C(F)(F)C(F)(F)C(F)(F)F)cc3)cc2)CC1. The van der Waals surface area contributed by atoms with Gasteiger partial charge in [-0.05, 0) is 67.9 Å². The van der Waals surface area contributed by atoms with Gasteiger partial charge in [-0.1, -0.05) is 56.9 Å². The first-order valence-electron chi connectivity index (χ1n) is 15.4. The number of carbonyl (C=O) groups excluding carboxylic acids is 1. The van der Waals surface area contributed by atoms with Gasteiger partial charge in [-0.25, -0.2) is 4.79 Å². The van der Waals surface area contributed by atoms with Gasteiger partial charge in [-0.2, -0.15) is 71.1 Å². The topological polar surface area (TPSA) is 50.1 Å². The summed E-state index contributed by atoms with van der Waals surface area (Å²) in [6.45, 7) is 2.09. The molecule has 0 N–H and O–H groups in total. The van der Waals surface area contributed by atoms with Crippen LogP contribution < -0.4 is 4.74 Å². The zero-order valence-electron chi connectivity index (χ0n) is 26.5. The number of alkyl halides is 15. The minimum atomic E-state index is -8.39. The van der Waals surface area contributed by atoms with Crippen LogP contribution in [-0.4, -0.2) is 41.8 Å². The molecule has 0 aliphatic heterocycles. The van der Waals surface area contributed by atoms with Crippen molar-refractivity contribution in [2.24, 2.45) is 5.41 Å². The average Bonchev–Trinajstić information content (AvgIpc) is 3.06. The number of halogens is 15. The van der Waals surface area contributed by atoms with Crippen LogP contribution in [0.15, 0.2) is 48.5 Å². The van der Waals surface area contributed by atoms with Crippen LogP contribution in [-0.2, 0) is 5.92 Å². The normalized spacial score (nSPS) is 19.8. The highest BCUT2D eigenvalue weighted by Crippen LogP contribution is 2.63. The summed E-state index contributed by atoms with van der Waals surface area (Å²) in [7, 11) is 0. The van der Waals surface area contributed by atoms with Crippen molar-refractivity contribution in [3.05, 3.63) is 65.2 Å². The maximum absolute atomic E-state index is 14.5. The fraction of sp³-hybridized carbons (Fsp3) is 0.576. The lowest BCUT2D eigenvalue weighted by molar-refractivity contribution is -0.453. The number of nitrogens with zero attached hydrogens (tertiary/aromatic N) is 1. The molecule has 2 aromatic rings. The number of esters is 1. The van der Waals surface area contributed by atoms with Crippen molar-refractivity contribution in [2.75, 3.05) is 0 Å². The fourth-order valence-electron chi connectivity index (χ4n) is 5.75. The molecule has 1 aliphatic carbocycles. The molecule has 3 nitrogen and oxygen atoms in total. The Morgan fingerprint density at radius 1 is 0.706 bits per heavy atom. The van der Waals surface area contributed by atoms with Crippen LogP contribution in [0.1, 0.15) is 92.1 Å². The number of carbonyl (C=O) groups is 1. The maximum Gasteiger partial charge on any atom is 0.460 e. The van der Waals surface area contributed by atoms with E-state index in [4.69, 9.17) is 4.74 Å². The molecule has 0 unspecified atom stereocenters. The highest BCUT2D eigenvalue weighted by Gasteiger charge is 2.93. The first-order chi connectivity index (χ1) is 23.3. The van der Waals surface area contributed by atoms with Gasteiger partial charge in [0.05, 0.1) is 17.0 Å². The number of benzene rings is 2. The predicted molar refractivity (Wildman–Crippen MR) is 151 cm³/mol. The van der Waals surface area contributed by atoms with E-state index in [9.17, 15) is 75.9 Å². The second-order valence-corrected chi connectivity index (χ2v) is 12.5. The molecule has 51 heavy (non-hydrogen) atoms. The Morgan fingerprint density at radius 3 is 1.67 bits per heavy atom. The van der Waals surface area contributed by atoms with E-state index < -0.39 is 64.2 Å². The summed E-state index contributed by atoms with van der Waals surface area (Å²) in [5.41, 5.74) is -2.57. The average molecular weight is 758 g/mol. The van der Waals surface area contributed by atoms with Crippen LogP contribution in [0.5, 0.6) is 5.75 Å². The van der Waals surface area contributed by atoms with Crippen molar-refractivity contribution in [2.45, 2.75) is 112 Å².